The van der Waals surface area contributed by atoms with Gasteiger partial charge in [-0.05, 0) is 13.3 Å². The van der Waals surface area contributed by atoms with Crippen LogP contribution in [0.1, 0.15) is 26.2 Å². The Labute approximate surface area is 150 Å². The Kier molecular flexibility index (Phi) is 8.50. The smallest absolute Gasteiger partial charge is 0.212 e. The average molecular weight is 380 g/mol. The summed E-state index contributed by atoms with van der Waals surface area (Å²) < 4.78 is 10.1. The molecule has 1 aliphatic rings. The zero-order valence-corrected chi connectivity index (χ0v) is 14.6. The summed E-state index contributed by atoms with van der Waals surface area (Å²) in [7, 11) is 1.00. The van der Waals surface area contributed by atoms with Gasteiger partial charge in [0.2, 0.25) is 5.79 Å². The molecule has 0 bridgehead atoms. The van der Waals surface area contributed by atoms with Gasteiger partial charge in [0.25, 0.3) is 0 Å². The van der Waals surface area contributed by atoms with E-state index >= 15 is 0 Å². The third-order valence-corrected chi connectivity index (χ3v) is 4.29. The predicted octanol–water partition coefficient (Wildman–Crippen LogP) is -4.41. The molecule has 1 saturated heterocycles. The van der Waals surface area contributed by atoms with Crippen LogP contribution in [0.3, 0.4) is 0 Å². The number of carboxylic acid groups (broad SMARTS) is 1. The number of aliphatic hydroxyl groups excluding tert-OH is 5. The first-order valence-corrected chi connectivity index (χ1v) is 8.11. The number of nitrogens with one attached hydrogen (secondary N) is 1. The molecule has 11 heteroatoms. The molecule has 0 radical (unpaired) electrons. The molecule has 7 atom stereocenters. The van der Waals surface area contributed by atoms with E-state index in [0.29, 0.717) is 0 Å². The van der Waals surface area contributed by atoms with Crippen LogP contribution in [0.4, 0.5) is 0 Å². The Morgan fingerprint density at radius 1 is 1.38 bits per heavy atom. The molecule has 1 rings (SSSR count). The van der Waals surface area contributed by atoms with E-state index in [0.717, 1.165) is 7.11 Å². The van der Waals surface area contributed by atoms with E-state index in [4.69, 9.17) is 14.6 Å². The predicted molar refractivity (Wildman–Crippen MR) is 82.2 cm³/mol. The van der Waals surface area contributed by atoms with Gasteiger partial charge in [0.15, 0.2) is 0 Å². The Bertz CT molecular complexity index is 489. The normalized spacial score (nSPS) is 32.7. The number of ether oxygens (including phenoxy) is 2. The fraction of sp³-hybridized carbons (Fsp3) is 0.867. The number of carbonyl (C=O) groups excluding carboxylic acids is 2. The van der Waals surface area contributed by atoms with E-state index in [-0.39, 0.29) is 18.6 Å². The van der Waals surface area contributed by atoms with Crippen molar-refractivity contribution >= 4 is 11.8 Å². The molecule has 26 heavy (non-hydrogen) atoms. The minimum absolute atomic E-state index is 0.000170. The van der Waals surface area contributed by atoms with E-state index < -0.39 is 61.5 Å². The van der Waals surface area contributed by atoms with Crippen molar-refractivity contribution in [3.63, 3.8) is 0 Å². The summed E-state index contributed by atoms with van der Waals surface area (Å²) in [6.07, 6.45) is -8.40. The lowest BCUT2D eigenvalue weighted by molar-refractivity contribution is -0.378. The van der Waals surface area contributed by atoms with Crippen LogP contribution in [0.25, 0.3) is 0 Å². The molecule has 11 nitrogen and oxygen atoms in total. The first kappa shape index (κ1) is 22.9. The lowest BCUT2D eigenvalue weighted by Crippen LogP contribution is -2.69. The Hall–Kier alpha value is -1.18. The molecule has 1 heterocycles. The first-order valence-electron chi connectivity index (χ1n) is 8.11. The minimum Gasteiger partial charge on any atom is -0.544 e. The summed E-state index contributed by atoms with van der Waals surface area (Å²) in [5.41, 5.74) is 0. The topological polar surface area (TPSA) is 189 Å². The minimum atomic E-state index is -2.39. The zero-order chi connectivity index (χ0) is 20.1. The van der Waals surface area contributed by atoms with E-state index in [1.54, 1.807) is 0 Å². The number of aliphatic hydroxyl groups is 5. The molecule has 0 saturated carbocycles. The van der Waals surface area contributed by atoms with Gasteiger partial charge in [0.1, 0.15) is 36.3 Å². The van der Waals surface area contributed by atoms with Crippen molar-refractivity contribution in [2.45, 2.75) is 68.7 Å². The van der Waals surface area contributed by atoms with Gasteiger partial charge >= 0.3 is 0 Å². The van der Waals surface area contributed by atoms with E-state index in [1.165, 1.54) is 6.92 Å². The standard InChI is InChI=1S/C15H27NO10/c1-7(18)3-4-10(21)16-11-8(19)5-15(25-2,14(23)24)26-13(11)12(22)9(20)6-17/h8-13,16-17,19-22H,3-6H2,1-2H3,(H,23,24)/p-1/t8?,9-,10+,11-,12-,13-,15?/m1/s1. The number of carboxylic acids is 1. The summed E-state index contributed by atoms with van der Waals surface area (Å²) in [4.78, 5) is 22.4. The van der Waals surface area contributed by atoms with Crippen molar-refractivity contribution in [2.24, 2.45) is 0 Å². The van der Waals surface area contributed by atoms with E-state index in [2.05, 4.69) is 5.32 Å². The highest BCUT2D eigenvalue weighted by molar-refractivity contribution is 5.75. The van der Waals surface area contributed by atoms with E-state index in [1.807, 2.05) is 0 Å². The Morgan fingerprint density at radius 3 is 2.46 bits per heavy atom. The molecule has 0 amide bonds. The van der Waals surface area contributed by atoms with Crippen LogP contribution in [-0.4, -0.2) is 93.5 Å². The van der Waals surface area contributed by atoms with E-state index in [9.17, 15) is 35.1 Å². The lowest BCUT2D eigenvalue weighted by Gasteiger charge is -2.49. The van der Waals surface area contributed by atoms with Gasteiger partial charge in [-0.2, -0.15) is 0 Å². The maximum Gasteiger partial charge on any atom is 0.212 e. The maximum absolute atomic E-state index is 11.4. The quantitative estimate of drug-likeness (QED) is 0.201. The highest BCUT2D eigenvalue weighted by Gasteiger charge is 2.51. The second-order valence-corrected chi connectivity index (χ2v) is 6.29. The van der Waals surface area contributed by atoms with Gasteiger partial charge in [-0.25, -0.2) is 0 Å². The number of rotatable bonds is 10. The summed E-state index contributed by atoms with van der Waals surface area (Å²) in [5.74, 6) is -4.36. The van der Waals surface area contributed by atoms with Crippen molar-refractivity contribution in [1.29, 1.82) is 0 Å². The fourth-order valence-corrected chi connectivity index (χ4v) is 2.77. The third-order valence-electron chi connectivity index (χ3n) is 4.29. The first-order chi connectivity index (χ1) is 12.1. The number of carbonyl (C=O) groups is 2. The van der Waals surface area contributed by atoms with Crippen LogP contribution >= 0.6 is 0 Å². The molecule has 0 aromatic carbocycles. The lowest BCUT2D eigenvalue weighted by atomic mass is 9.88. The van der Waals surface area contributed by atoms with Crippen LogP contribution in [-0.2, 0) is 19.1 Å². The summed E-state index contributed by atoms with van der Waals surface area (Å²) >= 11 is 0. The SMILES string of the molecule is COC1(C(=O)[O-])CC(O)[C@@H](N[C@@H](O)CCC(C)=O)[C@H]([C@H](O)[C@H](O)CO)O1. The summed E-state index contributed by atoms with van der Waals surface area (Å²) in [6.45, 7) is 0.476. The average Bonchev–Trinajstić information content (AvgIpc) is 2.59. The number of hydrogen-bond donors (Lipinski definition) is 6. The monoisotopic (exact) mass is 380 g/mol. The summed E-state index contributed by atoms with van der Waals surface area (Å²) in [6, 6.07) is -1.23. The molecule has 1 fully saturated rings. The number of ketones is 1. The van der Waals surface area contributed by atoms with Crippen molar-refractivity contribution in [3.8, 4) is 0 Å². The van der Waals surface area contributed by atoms with Crippen molar-refractivity contribution in [2.75, 3.05) is 13.7 Å². The van der Waals surface area contributed by atoms with Gasteiger partial charge in [-0.3, -0.25) is 5.32 Å². The number of methoxy groups -OCH3 is 1. The molecule has 1 aliphatic heterocycles. The molecule has 6 N–H and O–H groups in total. The van der Waals surface area contributed by atoms with Gasteiger partial charge in [0.05, 0.1) is 18.8 Å². The molecule has 0 aromatic heterocycles. The third kappa shape index (κ3) is 5.41. The largest absolute Gasteiger partial charge is 0.544 e. The van der Waals surface area contributed by atoms with Crippen LogP contribution < -0.4 is 10.4 Å². The molecule has 2 unspecified atom stereocenters. The molecule has 152 valence electrons. The molecular weight excluding hydrogens is 354 g/mol. The Balaban J connectivity index is 3.04. The summed E-state index contributed by atoms with van der Waals surface area (Å²) in [5, 5.41) is 63.1. The second-order valence-electron chi connectivity index (χ2n) is 6.29. The van der Waals surface area contributed by atoms with Crippen molar-refractivity contribution in [1.82, 2.24) is 5.32 Å². The number of hydrogen-bond acceptors (Lipinski definition) is 11. The molecule has 0 aromatic rings. The van der Waals surface area contributed by atoms with Gasteiger partial charge in [-0.15, -0.1) is 0 Å². The zero-order valence-electron chi connectivity index (χ0n) is 14.6. The van der Waals surface area contributed by atoms with Gasteiger partial charge in [-0.1, -0.05) is 0 Å². The number of aliphatic carboxylic acids is 1. The number of Topliss-reactive ketones (excluding diaryl/α,β-unsaturated/α-hetero) is 1. The van der Waals surface area contributed by atoms with Crippen LogP contribution in [0, 0.1) is 0 Å². The van der Waals surface area contributed by atoms with Gasteiger partial charge < -0.3 is 49.7 Å². The highest BCUT2D eigenvalue weighted by Crippen LogP contribution is 2.32. The van der Waals surface area contributed by atoms with Crippen LogP contribution in [0.2, 0.25) is 0 Å². The molecule has 0 spiro atoms. The molecular formula is C15H26NO10-. The highest BCUT2D eigenvalue weighted by atomic mass is 16.7. The van der Waals surface area contributed by atoms with Crippen LogP contribution in [0.5, 0.6) is 0 Å². The van der Waals surface area contributed by atoms with Crippen molar-refractivity contribution < 1.29 is 49.7 Å². The fourth-order valence-electron chi connectivity index (χ4n) is 2.77. The van der Waals surface area contributed by atoms with Crippen molar-refractivity contribution in [3.05, 3.63) is 0 Å². The van der Waals surface area contributed by atoms with Gasteiger partial charge in [0, 0.05) is 20.0 Å². The second kappa shape index (κ2) is 9.67. The maximum atomic E-state index is 11.4. The Morgan fingerprint density at radius 2 is 2.00 bits per heavy atom. The van der Waals surface area contributed by atoms with Crippen LogP contribution in [0.15, 0.2) is 0 Å². The molecule has 0 aliphatic carbocycles.